The first-order valence-electron chi connectivity index (χ1n) is 7.04. The maximum atomic E-state index is 12.6. The second-order valence-electron chi connectivity index (χ2n) is 5.10. The number of aliphatic carboxylic acids is 1. The number of benzene rings is 1. The Bertz CT molecular complexity index is 884. The fraction of sp³-hybridized carbons (Fsp3) is 0.118. The largest absolute Gasteiger partial charge is 0.481 e. The van der Waals surface area contributed by atoms with Crippen LogP contribution in [0.5, 0.6) is 0 Å². The van der Waals surface area contributed by atoms with Crippen molar-refractivity contribution in [1.82, 2.24) is 4.98 Å². The molecule has 2 aromatic heterocycles. The van der Waals surface area contributed by atoms with Crippen LogP contribution in [0, 0.1) is 0 Å². The minimum absolute atomic E-state index is 0.0957. The first kappa shape index (κ1) is 14.8. The lowest BCUT2D eigenvalue weighted by molar-refractivity contribution is -0.136. The van der Waals surface area contributed by atoms with Gasteiger partial charge in [0.05, 0.1) is 0 Å². The predicted molar refractivity (Wildman–Crippen MR) is 84.3 cm³/mol. The topological polar surface area (TPSA) is 106 Å². The number of nitrogen functional groups attached to an aromatic ring is 1. The summed E-state index contributed by atoms with van der Waals surface area (Å²) in [6.07, 6.45) is 1.62. The number of carbonyl (C=O) groups excluding carboxylic acids is 1. The minimum atomic E-state index is -0.939. The van der Waals surface area contributed by atoms with Crippen molar-refractivity contribution in [2.75, 3.05) is 5.73 Å². The molecule has 6 nitrogen and oxygen atoms in total. The fourth-order valence-electron chi connectivity index (χ4n) is 2.44. The second-order valence-corrected chi connectivity index (χ2v) is 5.10. The van der Waals surface area contributed by atoms with E-state index >= 15 is 0 Å². The number of furan rings is 1. The van der Waals surface area contributed by atoms with Crippen molar-refractivity contribution in [1.29, 1.82) is 0 Å². The number of carbonyl (C=O) groups is 2. The van der Waals surface area contributed by atoms with Crippen LogP contribution in [0.15, 0.2) is 47.0 Å². The van der Waals surface area contributed by atoms with E-state index < -0.39 is 5.97 Å². The molecule has 0 aliphatic rings. The number of ketones is 1. The highest BCUT2D eigenvalue weighted by Crippen LogP contribution is 2.30. The Morgan fingerprint density at radius 1 is 1.22 bits per heavy atom. The third kappa shape index (κ3) is 2.91. The molecule has 0 fully saturated rings. The van der Waals surface area contributed by atoms with Gasteiger partial charge < -0.3 is 15.3 Å². The quantitative estimate of drug-likeness (QED) is 0.554. The van der Waals surface area contributed by atoms with Gasteiger partial charge in [0, 0.05) is 35.3 Å². The highest BCUT2D eigenvalue weighted by molar-refractivity contribution is 6.09. The van der Waals surface area contributed by atoms with Gasteiger partial charge in [-0.2, -0.15) is 0 Å². The number of aryl methyl sites for hydroxylation is 1. The number of hydrogen-bond acceptors (Lipinski definition) is 5. The molecule has 3 N–H and O–H groups in total. The molecule has 0 aliphatic carbocycles. The van der Waals surface area contributed by atoms with Crippen molar-refractivity contribution in [3.05, 3.63) is 59.6 Å². The van der Waals surface area contributed by atoms with Gasteiger partial charge in [-0.15, -0.1) is 0 Å². The maximum absolute atomic E-state index is 12.6. The van der Waals surface area contributed by atoms with E-state index in [2.05, 4.69) is 4.98 Å². The zero-order valence-electron chi connectivity index (χ0n) is 12.2. The Hall–Kier alpha value is -3.15. The number of carboxylic acids is 1. The monoisotopic (exact) mass is 310 g/mol. The predicted octanol–water partition coefficient (Wildman–Crippen LogP) is 2.66. The van der Waals surface area contributed by atoms with E-state index in [0.717, 1.165) is 0 Å². The van der Waals surface area contributed by atoms with Crippen LogP contribution >= 0.6 is 0 Å². The van der Waals surface area contributed by atoms with E-state index in [1.165, 1.54) is 6.20 Å². The fourth-order valence-corrected chi connectivity index (χ4v) is 2.44. The van der Waals surface area contributed by atoms with Gasteiger partial charge in [0.2, 0.25) is 5.78 Å². The van der Waals surface area contributed by atoms with E-state index in [0.29, 0.717) is 22.2 Å². The number of rotatable bonds is 5. The van der Waals surface area contributed by atoms with Crippen molar-refractivity contribution in [3.63, 3.8) is 0 Å². The third-order valence-corrected chi connectivity index (χ3v) is 3.51. The summed E-state index contributed by atoms with van der Waals surface area (Å²) in [4.78, 5) is 27.5. The van der Waals surface area contributed by atoms with Gasteiger partial charge in [-0.25, -0.2) is 0 Å². The van der Waals surface area contributed by atoms with E-state index in [-0.39, 0.29) is 30.1 Å². The highest BCUT2D eigenvalue weighted by atomic mass is 16.4. The molecule has 0 unspecified atom stereocenters. The number of pyridine rings is 1. The molecule has 0 atom stereocenters. The summed E-state index contributed by atoms with van der Waals surface area (Å²) in [5, 5.41) is 9.62. The zero-order chi connectivity index (χ0) is 16.4. The molecule has 23 heavy (non-hydrogen) atoms. The Kier molecular flexibility index (Phi) is 3.80. The molecule has 0 amide bonds. The van der Waals surface area contributed by atoms with Crippen molar-refractivity contribution in [2.24, 2.45) is 0 Å². The van der Waals surface area contributed by atoms with Gasteiger partial charge in [0.1, 0.15) is 11.3 Å². The summed E-state index contributed by atoms with van der Waals surface area (Å²) in [7, 11) is 0. The third-order valence-electron chi connectivity index (χ3n) is 3.51. The maximum Gasteiger partial charge on any atom is 0.303 e. The normalized spacial score (nSPS) is 10.8. The van der Waals surface area contributed by atoms with Crippen LogP contribution in [0.3, 0.4) is 0 Å². The molecule has 0 saturated carbocycles. The molecule has 6 heteroatoms. The molecule has 0 saturated heterocycles. The smallest absolute Gasteiger partial charge is 0.303 e. The molecule has 0 bridgehead atoms. The molecule has 0 aliphatic heterocycles. The summed E-state index contributed by atoms with van der Waals surface area (Å²) in [6.45, 7) is 0. The number of nitrogens with two attached hydrogens (primary N) is 1. The molecule has 116 valence electrons. The molecule has 1 aromatic carbocycles. The van der Waals surface area contributed by atoms with Crippen LogP contribution < -0.4 is 5.73 Å². The highest BCUT2D eigenvalue weighted by Gasteiger charge is 2.23. The molecule has 3 aromatic rings. The van der Waals surface area contributed by atoms with Crippen LogP contribution in [0.4, 0.5) is 5.69 Å². The van der Waals surface area contributed by atoms with Gasteiger partial charge in [0.15, 0.2) is 5.76 Å². The van der Waals surface area contributed by atoms with Gasteiger partial charge >= 0.3 is 5.97 Å². The van der Waals surface area contributed by atoms with Gasteiger partial charge in [-0.1, -0.05) is 6.07 Å². The first-order valence-corrected chi connectivity index (χ1v) is 7.04. The lowest BCUT2D eigenvalue weighted by atomic mass is 10.0. The molecular formula is C17H14N2O4. The Morgan fingerprint density at radius 2 is 2.04 bits per heavy atom. The Labute approximate surface area is 131 Å². The average molecular weight is 310 g/mol. The van der Waals surface area contributed by atoms with E-state index in [4.69, 9.17) is 15.3 Å². The lowest BCUT2D eigenvalue weighted by Gasteiger charge is -2.01. The number of nitrogens with zero attached hydrogens (tertiary/aromatic N) is 1. The van der Waals surface area contributed by atoms with Crippen molar-refractivity contribution in [3.8, 4) is 0 Å². The average Bonchev–Trinajstić information content (AvgIpc) is 2.90. The Morgan fingerprint density at radius 3 is 2.74 bits per heavy atom. The first-order chi connectivity index (χ1) is 11.1. The van der Waals surface area contributed by atoms with Crippen molar-refractivity contribution >= 4 is 28.4 Å². The number of aromatic nitrogens is 1. The van der Waals surface area contributed by atoms with Crippen LogP contribution in [-0.2, 0) is 11.2 Å². The number of carboxylic acid groups (broad SMARTS) is 1. The van der Waals surface area contributed by atoms with Gasteiger partial charge in [-0.05, 0) is 30.7 Å². The molecular weight excluding hydrogens is 296 g/mol. The van der Waals surface area contributed by atoms with Gasteiger partial charge in [-0.3, -0.25) is 14.6 Å². The molecule has 0 radical (unpaired) electrons. The van der Waals surface area contributed by atoms with Crippen LogP contribution in [-0.4, -0.2) is 21.8 Å². The summed E-state index contributed by atoms with van der Waals surface area (Å²) < 4.78 is 5.67. The number of fused-ring (bicyclic) bond motifs is 1. The van der Waals surface area contributed by atoms with E-state index in [1.807, 2.05) is 0 Å². The number of hydrogen-bond donors (Lipinski definition) is 2. The molecule has 2 heterocycles. The SMILES string of the molecule is Nc1ccc2c(CCC(=O)O)c(C(=O)c3ccccn3)oc2c1. The van der Waals surface area contributed by atoms with Crippen molar-refractivity contribution < 1.29 is 19.1 Å². The van der Waals surface area contributed by atoms with Crippen molar-refractivity contribution in [2.45, 2.75) is 12.8 Å². The molecule has 0 spiro atoms. The van der Waals surface area contributed by atoms with Crippen LogP contribution in [0.2, 0.25) is 0 Å². The Balaban J connectivity index is 2.12. The summed E-state index contributed by atoms with van der Waals surface area (Å²) in [6, 6.07) is 10.1. The molecule has 3 rings (SSSR count). The summed E-state index contributed by atoms with van der Waals surface area (Å²) in [5.41, 5.74) is 7.53. The zero-order valence-corrected chi connectivity index (χ0v) is 12.2. The second kappa shape index (κ2) is 5.92. The summed E-state index contributed by atoms with van der Waals surface area (Å²) in [5.74, 6) is -1.20. The van der Waals surface area contributed by atoms with E-state index in [9.17, 15) is 9.59 Å². The van der Waals surface area contributed by atoms with E-state index in [1.54, 1.807) is 36.4 Å². The minimum Gasteiger partial charge on any atom is -0.481 e. The van der Waals surface area contributed by atoms with Crippen LogP contribution in [0.25, 0.3) is 11.0 Å². The van der Waals surface area contributed by atoms with Gasteiger partial charge in [0.25, 0.3) is 0 Å². The lowest BCUT2D eigenvalue weighted by Crippen LogP contribution is -2.06. The summed E-state index contributed by atoms with van der Waals surface area (Å²) >= 11 is 0. The standard InChI is InChI=1S/C17H14N2O4/c18-10-4-5-11-12(6-7-15(20)21)17(23-14(11)9-10)16(22)13-3-1-2-8-19-13/h1-5,8-9H,6-7,18H2,(H,20,21). The van der Waals surface area contributed by atoms with Crippen LogP contribution in [0.1, 0.15) is 28.2 Å². The number of anilines is 1.